The fourth-order valence-corrected chi connectivity index (χ4v) is 4.30. The minimum atomic E-state index is -0.481. The van der Waals surface area contributed by atoms with Crippen molar-refractivity contribution < 1.29 is 14.3 Å². The molecule has 0 saturated heterocycles. The van der Waals surface area contributed by atoms with E-state index in [1.807, 2.05) is 17.5 Å². The molecule has 1 saturated carbocycles. The number of fused-ring (bicyclic) bond motifs is 1. The molecule has 2 aromatic heterocycles. The summed E-state index contributed by atoms with van der Waals surface area (Å²) in [5.74, 6) is -0.712. The van der Waals surface area contributed by atoms with Crippen LogP contribution in [0.3, 0.4) is 0 Å². The van der Waals surface area contributed by atoms with Crippen molar-refractivity contribution in [2.24, 2.45) is 5.92 Å². The highest BCUT2D eigenvalue weighted by Gasteiger charge is 2.36. The van der Waals surface area contributed by atoms with Crippen LogP contribution in [0.4, 0.5) is 4.39 Å². The van der Waals surface area contributed by atoms with Crippen LogP contribution in [0, 0.1) is 11.7 Å². The van der Waals surface area contributed by atoms with Crippen molar-refractivity contribution in [1.82, 2.24) is 10.3 Å². The third-order valence-electron chi connectivity index (χ3n) is 4.81. The van der Waals surface area contributed by atoms with Crippen LogP contribution in [0.2, 0.25) is 0 Å². The number of aliphatic hydroxyl groups is 1. The van der Waals surface area contributed by atoms with Gasteiger partial charge in [-0.25, -0.2) is 4.39 Å². The fraction of sp³-hybridized carbons (Fsp3) is 0.263. The summed E-state index contributed by atoms with van der Waals surface area (Å²) in [6.45, 7) is 0. The number of pyridine rings is 1. The molecule has 0 spiro atoms. The van der Waals surface area contributed by atoms with Crippen LogP contribution in [0.1, 0.15) is 34.1 Å². The Morgan fingerprint density at radius 1 is 1.31 bits per heavy atom. The molecule has 5 nitrogen and oxygen atoms in total. The number of rotatable bonds is 4. The molecular weight excluding hydrogens is 355 g/mol. The zero-order valence-corrected chi connectivity index (χ0v) is 14.6. The lowest BCUT2D eigenvalue weighted by atomic mass is 9.76. The summed E-state index contributed by atoms with van der Waals surface area (Å²) in [4.78, 5) is 28.4. The second kappa shape index (κ2) is 6.66. The average Bonchev–Trinajstić information content (AvgIpc) is 3.10. The first-order valence-corrected chi connectivity index (χ1v) is 9.24. The SMILES string of the molecule is O=C(N[C@H](c1cccs1)C1CC(O)C1)c1cc(=O)[nH]c2cc(F)ccc12. The Balaban J connectivity index is 1.68. The van der Waals surface area contributed by atoms with Crippen molar-refractivity contribution in [1.29, 1.82) is 0 Å². The molecule has 1 atom stereocenters. The molecule has 1 aromatic carbocycles. The minimum absolute atomic E-state index is 0.151. The Morgan fingerprint density at radius 2 is 2.12 bits per heavy atom. The predicted octanol–water partition coefficient (Wildman–Crippen LogP) is 2.97. The quantitative estimate of drug-likeness (QED) is 0.658. The number of H-pyrrole nitrogens is 1. The topological polar surface area (TPSA) is 82.2 Å². The second-order valence-corrected chi connectivity index (χ2v) is 7.57. The van der Waals surface area contributed by atoms with E-state index in [0.29, 0.717) is 18.2 Å². The predicted molar refractivity (Wildman–Crippen MR) is 97.8 cm³/mol. The number of nitrogens with one attached hydrogen (secondary N) is 2. The Kier molecular flexibility index (Phi) is 4.34. The van der Waals surface area contributed by atoms with Crippen molar-refractivity contribution >= 4 is 28.1 Å². The first-order chi connectivity index (χ1) is 12.5. The normalized spacial score (nSPS) is 20.5. The van der Waals surface area contributed by atoms with Crippen LogP contribution < -0.4 is 10.9 Å². The van der Waals surface area contributed by atoms with Gasteiger partial charge < -0.3 is 15.4 Å². The molecule has 0 bridgehead atoms. The number of amides is 1. The third-order valence-corrected chi connectivity index (χ3v) is 5.76. The molecule has 7 heteroatoms. The number of halogens is 1. The van der Waals surface area contributed by atoms with E-state index < -0.39 is 11.4 Å². The second-order valence-electron chi connectivity index (χ2n) is 6.59. The van der Waals surface area contributed by atoms with Crippen LogP contribution in [0.15, 0.2) is 46.6 Å². The van der Waals surface area contributed by atoms with Gasteiger partial charge in [-0.05, 0) is 48.4 Å². The maximum atomic E-state index is 13.4. The number of hydrogen-bond donors (Lipinski definition) is 3. The average molecular weight is 372 g/mol. The van der Waals surface area contributed by atoms with Gasteiger partial charge in [-0.2, -0.15) is 0 Å². The Hall–Kier alpha value is -2.51. The molecule has 2 heterocycles. The Labute approximate surface area is 152 Å². The summed E-state index contributed by atoms with van der Waals surface area (Å²) >= 11 is 1.54. The number of thiophene rings is 1. The molecule has 1 amide bonds. The summed E-state index contributed by atoms with van der Waals surface area (Å²) in [6, 6.07) is 8.83. The number of carbonyl (C=O) groups excluding carboxylic acids is 1. The smallest absolute Gasteiger partial charge is 0.252 e. The van der Waals surface area contributed by atoms with Gasteiger partial charge >= 0.3 is 0 Å². The lowest BCUT2D eigenvalue weighted by Crippen LogP contribution is -2.41. The number of aromatic nitrogens is 1. The van der Waals surface area contributed by atoms with Gasteiger partial charge in [0.25, 0.3) is 5.91 Å². The van der Waals surface area contributed by atoms with Gasteiger partial charge in [-0.15, -0.1) is 11.3 Å². The molecule has 134 valence electrons. The maximum Gasteiger partial charge on any atom is 0.252 e. The van der Waals surface area contributed by atoms with Crippen LogP contribution in [0.5, 0.6) is 0 Å². The van der Waals surface area contributed by atoms with Gasteiger partial charge in [-0.3, -0.25) is 9.59 Å². The van der Waals surface area contributed by atoms with Gasteiger partial charge in [0, 0.05) is 16.3 Å². The van der Waals surface area contributed by atoms with E-state index >= 15 is 0 Å². The van der Waals surface area contributed by atoms with E-state index in [-0.39, 0.29) is 35.1 Å². The summed E-state index contributed by atoms with van der Waals surface area (Å²) in [7, 11) is 0. The Morgan fingerprint density at radius 3 is 2.81 bits per heavy atom. The van der Waals surface area contributed by atoms with Crippen molar-refractivity contribution in [3.05, 3.63) is 68.4 Å². The molecule has 3 N–H and O–H groups in total. The van der Waals surface area contributed by atoms with E-state index in [4.69, 9.17) is 0 Å². The molecule has 4 rings (SSSR count). The largest absolute Gasteiger partial charge is 0.393 e. The van der Waals surface area contributed by atoms with E-state index in [0.717, 1.165) is 4.88 Å². The standard InChI is InChI=1S/C19H17FN2O3S/c20-11-3-4-13-14(9-17(24)21-15(13)8-11)19(25)22-18(10-6-12(23)7-10)16-2-1-5-26-16/h1-5,8-10,12,18,23H,6-7H2,(H,21,24)(H,22,25)/t10?,12?,18-/m0/s1. The van der Waals surface area contributed by atoms with Crippen LogP contribution in [-0.4, -0.2) is 22.1 Å². The van der Waals surface area contributed by atoms with Gasteiger partial charge in [0.1, 0.15) is 5.82 Å². The third kappa shape index (κ3) is 3.15. The zero-order valence-electron chi connectivity index (χ0n) is 13.7. The van der Waals surface area contributed by atoms with Gasteiger partial charge in [0.15, 0.2) is 0 Å². The molecule has 3 aromatic rings. The van der Waals surface area contributed by atoms with Crippen molar-refractivity contribution in [3.63, 3.8) is 0 Å². The summed E-state index contributed by atoms with van der Waals surface area (Å²) in [5, 5.41) is 15.1. The van der Waals surface area contributed by atoms with Crippen molar-refractivity contribution in [3.8, 4) is 0 Å². The molecule has 0 unspecified atom stereocenters. The number of carbonyl (C=O) groups is 1. The molecule has 0 aliphatic heterocycles. The highest BCUT2D eigenvalue weighted by Crippen LogP contribution is 2.39. The van der Waals surface area contributed by atoms with Gasteiger partial charge in [-0.1, -0.05) is 6.07 Å². The maximum absolute atomic E-state index is 13.4. The van der Waals surface area contributed by atoms with Gasteiger partial charge in [0.05, 0.1) is 23.2 Å². The first-order valence-electron chi connectivity index (χ1n) is 8.36. The molecule has 1 aliphatic rings. The minimum Gasteiger partial charge on any atom is -0.393 e. The van der Waals surface area contributed by atoms with E-state index in [1.54, 1.807) is 11.3 Å². The zero-order chi connectivity index (χ0) is 18.3. The lowest BCUT2D eigenvalue weighted by molar-refractivity contribution is 0.0241. The van der Waals surface area contributed by atoms with Crippen molar-refractivity contribution in [2.45, 2.75) is 25.0 Å². The number of aliphatic hydroxyl groups excluding tert-OH is 1. The summed E-state index contributed by atoms with van der Waals surface area (Å²) < 4.78 is 13.4. The van der Waals surface area contributed by atoms with E-state index in [1.165, 1.54) is 24.3 Å². The molecule has 0 radical (unpaired) electrons. The van der Waals surface area contributed by atoms with Crippen LogP contribution >= 0.6 is 11.3 Å². The van der Waals surface area contributed by atoms with Gasteiger partial charge in [0.2, 0.25) is 5.56 Å². The first kappa shape index (κ1) is 16.9. The summed E-state index contributed by atoms with van der Waals surface area (Å²) in [5.41, 5.74) is 0.0413. The highest BCUT2D eigenvalue weighted by molar-refractivity contribution is 7.10. The number of hydrogen-bond acceptors (Lipinski definition) is 4. The van der Waals surface area contributed by atoms with Crippen molar-refractivity contribution in [2.75, 3.05) is 0 Å². The number of benzene rings is 1. The lowest BCUT2D eigenvalue weighted by Gasteiger charge is -2.37. The molecule has 1 fully saturated rings. The molecule has 26 heavy (non-hydrogen) atoms. The number of aromatic amines is 1. The Bertz CT molecular complexity index is 1010. The van der Waals surface area contributed by atoms with Crippen LogP contribution in [0.25, 0.3) is 10.9 Å². The molecule has 1 aliphatic carbocycles. The fourth-order valence-electron chi connectivity index (χ4n) is 3.43. The van der Waals surface area contributed by atoms with Crippen LogP contribution in [-0.2, 0) is 0 Å². The van der Waals surface area contributed by atoms with E-state index in [2.05, 4.69) is 10.3 Å². The summed E-state index contributed by atoms with van der Waals surface area (Å²) in [6.07, 6.45) is 0.927. The molecular formula is C19H17FN2O3S. The van der Waals surface area contributed by atoms with E-state index in [9.17, 15) is 19.1 Å². The highest BCUT2D eigenvalue weighted by atomic mass is 32.1. The monoisotopic (exact) mass is 372 g/mol.